The van der Waals surface area contributed by atoms with Crippen molar-refractivity contribution < 1.29 is 0 Å². The molecule has 0 atom stereocenters. The van der Waals surface area contributed by atoms with Gasteiger partial charge >= 0.3 is 0 Å². The summed E-state index contributed by atoms with van der Waals surface area (Å²) in [5.41, 5.74) is 5.74. The van der Waals surface area contributed by atoms with Crippen LogP contribution in [0.4, 0.5) is 0 Å². The standard InChI is InChI=1S/C20H26N2O/c1-14-8-9-15(2)18(12-14)19-11-10-16(13-21-3)20(23)22(19)17-6-4-5-7-17/h8-12,17,21H,4-7,13H2,1-3H3. The molecular formula is C20H26N2O. The van der Waals surface area contributed by atoms with Crippen LogP contribution < -0.4 is 10.9 Å². The van der Waals surface area contributed by atoms with Crippen molar-refractivity contribution in [3.63, 3.8) is 0 Å². The summed E-state index contributed by atoms with van der Waals surface area (Å²) in [5, 5.41) is 3.11. The van der Waals surface area contributed by atoms with E-state index in [0.29, 0.717) is 12.6 Å². The highest BCUT2D eigenvalue weighted by atomic mass is 16.1. The van der Waals surface area contributed by atoms with E-state index < -0.39 is 0 Å². The molecule has 0 bridgehead atoms. The lowest BCUT2D eigenvalue weighted by Gasteiger charge is -2.21. The molecule has 1 aromatic heterocycles. The quantitative estimate of drug-likeness (QED) is 0.927. The summed E-state index contributed by atoms with van der Waals surface area (Å²) in [6.45, 7) is 4.86. The van der Waals surface area contributed by atoms with Gasteiger partial charge in [0.2, 0.25) is 0 Å². The number of nitrogens with one attached hydrogen (secondary N) is 1. The average Bonchev–Trinajstić information content (AvgIpc) is 3.06. The van der Waals surface area contributed by atoms with E-state index in [2.05, 4.69) is 48.0 Å². The van der Waals surface area contributed by atoms with Crippen LogP contribution in [0.3, 0.4) is 0 Å². The molecule has 23 heavy (non-hydrogen) atoms. The number of aromatic nitrogens is 1. The lowest BCUT2D eigenvalue weighted by atomic mass is 10.0. The second-order valence-electron chi connectivity index (χ2n) is 6.71. The van der Waals surface area contributed by atoms with Crippen LogP contribution >= 0.6 is 0 Å². The molecule has 1 aliphatic rings. The first-order chi connectivity index (χ1) is 11.1. The molecule has 1 fully saturated rings. The van der Waals surface area contributed by atoms with Crippen molar-refractivity contribution in [1.82, 2.24) is 9.88 Å². The normalized spacial score (nSPS) is 15.3. The van der Waals surface area contributed by atoms with Crippen LogP contribution in [0.1, 0.15) is 48.4 Å². The Bertz CT molecular complexity index is 755. The van der Waals surface area contributed by atoms with Crippen LogP contribution in [0.5, 0.6) is 0 Å². The van der Waals surface area contributed by atoms with Gasteiger partial charge < -0.3 is 9.88 Å². The molecule has 2 aromatic rings. The van der Waals surface area contributed by atoms with Gasteiger partial charge in [0.15, 0.2) is 0 Å². The van der Waals surface area contributed by atoms with Crippen LogP contribution in [0, 0.1) is 13.8 Å². The zero-order chi connectivity index (χ0) is 16.4. The summed E-state index contributed by atoms with van der Waals surface area (Å²) in [7, 11) is 1.89. The first-order valence-corrected chi connectivity index (χ1v) is 8.58. The molecule has 0 saturated heterocycles. The van der Waals surface area contributed by atoms with Gasteiger partial charge in [0.1, 0.15) is 0 Å². The zero-order valence-electron chi connectivity index (χ0n) is 14.4. The number of pyridine rings is 1. The van der Waals surface area contributed by atoms with Crippen LogP contribution in [0.2, 0.25) is 0 Å². The number of hydrogen-bond donors (Lipinski definition) is 1. The Morgan fingerprint density at radius 2 is 1.87 bits per heavy atom. The van der Waals surface area contributed by atoms with E-state index in [-0.39, 0.29) is 5.56 Å². The largest absolute Gasteiger partial charge is 0.315 e. The third kappa shape index (κ3) is 3.11. The summed E-state index contributed by atoms with van der Waals surface area (Å²) < 4.78 is 2.07. The number of rotatable bonds is 4. The molecule has 1 N–H and O–H groups in total. The second-order valence-corrected chi connectivity index (χ2v) is 6.71. The molecule has 3 heteroatoms. The molecule has 3 nitrogen and oxygen atoms in total. The van der Waals surface area contributed by atoms with Gasteiger partial charge in [-0.2, -0.15) is 0 Å². The first kappa shape index (κ1) is 16.0. The van der Waals surface area contributed by atoms with E-state index in [1.807, 2.05) is 13.1 Å². The van der Waals surface area contributed by atoms with Crippen molar-refractivity contribution in [1.29, 1.82) is 0 Å². The van der Waals surface area contributed by atoms with Crippen molar-refractivity contribution in [3.05, 3.63) is 57.4 Å². The molecule has 1 aliphatic carbocycles. The maximum Gasteiger partial charge on any atom is 0.255 e. The van der Waals surface area contributed by atoms with E-state index in [1.165, 1.54) is 29.5 Å². The highest BCUT2D eigenvalue weighted by molar-refractivity contribution is 5.65. The molecule has 3 rings (SSSR count). The van der Waals surface area contributed by atoms with Crippen molar-refractivity contribution in [3.8, 4) is 11.3 Å². The molecule has 0 unspecified atom stereocenters. The monoisotopic (exact) mass is 310 g/mol. The van der Waals surface area contributed by atoms with E-state index in [0.717, 1.165) is 24.1 Å². The van der Waals surface area contributed by atoms with Crippen molar-refractivity contribution in [2.75, 3.05) is 7.05 Å². The van der Waals surface area contributed by atoms with E-state index >= 15 is 0 Å². The van der Waals surface area contributed by atoms with Gasteiger partial charge in [0.25, 0.3) is 5.56 Å². The smallest absolute Gasteiger partial charge is 0.255 e. The molecule has 1 saturated carbocycles. The highest BCUT2D eigenvalue weighted by Gasteiger charge is 2.22. The summed E-state index contributed by atoms with van der Waals surface area (Å²) in [6, 6.07) is 10.9. The fraction of sp³-hybridized carbons (Fsp3) is 0.450. The Balaban J connectivity index is 2.21. The lowest BCUT2D eigenvalue weighted by molar-refractivity contribution is 0.503. The van der Waals surface area contributed by atoms with Crippen LogP contribution in [0.25, 0.3) is 11.3 Å². The Labute approximate surface area is 138 Å². The van der Waals surface area contributed by atoms with Crippen LogP contribution in [0.15, 0.2) is 35.1 Å². The lowest BCUT2D eigenvalue weighted by Crippen LogP contribution is -2.29. The SMILES string of the molecule is CNCc1ccc(-c2cc(C)ccc2C)n(C2CCCC2)c1=O. The van der Waals surface area contributed by atoms with Crippen molar-refractivity contribution >= 4 is 0 Å². The number of nitrogens with zero attached hydrogens (tertiary/aromatic N) is 1. The maximum absolute atomic E-state index is 13.1. The van der Waals surface area contributed by atoms with Gasteiger partial charge in [-0.05, 0) is 51.4 Å². The molecule has 0 spiro atoms. The van der Waals surface area contributed by atoms with Gasteiger partial charge in [-0.3, -0.25) is 4.79 Å². The zero-order valence-corrected chi connectivity index (χ0v) is 14.4. The van der Waals surface area contributed by atoms with Gasteiger partial charge in [-0.25, -0.2) is 0 Å². The topological polar surface area (TPSA) is 34.0 Å². The molecule has 1 aromatic carbocycles. The Kier molecular flexibility index (Phi) is 4.67. The summed E-state index contributed by atoms with van der Waals surface area (Å²) in [5.74, 6) is 0. The van der Waals surface area contributed by atoms with Gasteiger partial charge in [-0.15, -0.1) is 0 Å². The van der Waals surface area contributed by atoms with Crippen LogP contribution in [-0.4, -0.2) is 11.6 Å². The molecule has 0 amide bonds. The fourth-order valence-corrected chi connectivity index (χ4v) is 3.68. The summed E-state index contributed by atoms with van der Waals surface area (Å²) >= 11 is 0. The Hall–Kier alpha value is -1.87. The molecular weight excluding hydrogens is 284 g/mol. The second kappa shape index (κ2) is 6.71. The first-order valence-electron chi connectivity index (χ1n) is 8.58. The number of aryl methyl sites for hydroxylation is 2. The third-order valence-corrected chi connectivity index (χ3v) is 4.92. The average molecular weight is 310 g/mol. The Morgan fingerprint density at radius 1 is 1.13 bits per heavy atom. The fourth-order valence-electron chi connectivity index (χ4n) is 3.68. The van der Waals surface area contributed by atoms with Crippen molar-refractivity contribution in [2.45, 2.75) is 52.1 Å². The predicted octanol–water partition coefficient (Wildman–Crippen LogP) is 3.97. The minimum absolute atomic E-state index is 0.171. The molecule has 122 valence electrons. The van der Waals surface area contributed by atoms with E-state index in [4.69, 9.17) is 0 Å². The molecule has 0 aliphatic heterocycles. The number of benzene rings is 1. The molecule has 0 radical (unpaired) electrons. The van der Waals surface area contributed by atoms with Crippen molar-refractivity contribution in [2.24, 2.45) is 0 Å². The minimum Gasteiger partial charge on any atom is -0.315 e. The van der Waals surface area contributed by atoms with E-state index in [1.54, 1.807) is 0 Å². The maximum atomic E-state index is 13.1. The van der Waals surface area contributed by atoms with Gasteiger partial charge in [0.05, 0.1) is 5.69 Å². The summed E-state index contributed by atoms with van der Waals surface area (Å²) in [4.78, 5) is 13.1. The highest BCUT2D eigenvalue weighted by Crippen LogP contribution is 2.33. The molecule has 1 heterocycles. The van der Waals surface area contributed by atoms with Gasteiger partial charge in [0, 0.05) is 23.7 Å². The minimum atomic E-state index is 0.171. The van der Waals surface area contributed by atoms with Crippen LogP contribution in [-0.2, 0) is 6.54 Å². The number of hydrogen-bond acceptors (Lipinski definition) is 2. The Morgan fingerprint density at radius 3 is 2.57 bits per heavy atom. The van der Waals surface area contributed by atoms with Gasteiger partial charge in [-0.1, -0.05) is 36.6 Å². The third-order valence-electron chi connectivity index (χ3n) is 4.92. The summed E-state index contributed by atoms with van der Waals surface area (Å²) in [6.07, 6.45) is 4.67. The van der Waals surface area contributed by atoms with E-state index in [9.17, 15) is 4.79 Å². The predicted molar refractivity (Wildman–Crippen MR) is 95.9 cm³/mol.